The fourth-order valence-corrected chi connectivity index (χ4v) is 2.05. The van der Waals surface area contributed by atoms with Crippen molar-refractivity contribution in [1.82, 2.24) is 10.2 Å². The molecule has 0 aliphatic carbocycles. The van der Waals surface area contributed by atoms with Crippen molar-refractivity contribution in [1.29, 1.82) is 0 Å². The minimum Gasteiger partial charge on any atom is -0.316 e. The average Bonchev–Trinajstić information content (AvgIpc) is 2.67. The Balaban J connectivity index is 0.00000112. The van der Waals surface area contributed by atoms with Crippen LogP contribution in [0.15, 0.2) is 30.3 Å². The first kappa shape index (κ1) is 12.5. The number of likely N-dealkylation sites (N-methyl/N-ethyl adjacent to an activating group) is 1. The summed E-state index contributed by atoms with van der Waals surface area (Å²) in [5.41, 5.74) is 1.42. The maximum absolute atomic E-state index is 3.34. The van der Waals surface area contributed by atoms with Gasteiger partial charge in [0.15, 0.2) is 0 Å². The maximum atomic E-state index is 3.34. The molecule has 1 aliphatic rings. The molecule has 0 amide bonds. The van der Waals surface area contributed by atoms with Crippen LogP contribution in [0.3, 0.4) is 0 Å². The zero-order valence-corrected chi connectivity index (χ0v) is 9.96. The van der Waals surface area contributed by atoms with Crippen molar-refractivity contribution in [2.75, 3.05) is 20.1 Å². The molecule has 3 heteroatoms. The SMILES string of the molecule is CNC1CCN(Cc2ccccc2)C1.Cl. The molecule has 1 aromatic carbocycles. The van der Waals surface area contributed by atoms with Gasteiger partial charge in [0, 0.05) is 25.7 Å². The van der Waals surface area contributed by atoms with Crippen molar-refractivity contribution >= 4 is 12.4 Å². The first-order valence-electron chi connectivity index (χ1n) is 5.32. The highest BCUT2D eigenvalue weighted by Gasteiger charge is 2.20. The molecule has 0 radical (unpaired) electrons. The smallest absolute Gasteiger partial charge is 0.0234 e. The Morgan fingerprint density at radius 2 is 2.07 bits per heavy atom. The van der Waals surface area contributed by atoms with Gasteiger partial charge in [-0.2, -0.15) is 0 Å². The summed E-state index contributed by atoms with van der Waals surface area (Å²) in [5, 5.41) is 3.34. The lowest BCUT2D eigenvalue weighted by molar-refractivity contribution is 0.322. The minimum atomic E-state index is 0. The highest BCUT2D eigenvalue weighted by atomic mass is 35.5. The highest BCUT2D eigenvalue weighted by Crippen LogP contribution is 2.12. The quantitative estimate of drug-likeness (QED) is 0.847. The van der Waals surface area contributed by atoms with Crippen LogP contribution in [0, 0.1) is 0 Å². The maximum Gasteiger partial charge on any atom is 0.0234 e. The van der Waals surface area contributed by atoms with Crippen LogP contribution in [0.25, 0.3) is 0 Å². The van der Waals surface area contributed by atoms with Gasteiger partial charge in [-0.1, -0.05) is 30.3 Å². The second-order valence-corrected chi connectivity index (χ2v) is 3.99. The Labute approximate surface area is 98.1 Å². The third-order valence-corrected chi connectivity index (χ3v) is 2.93. The molecule has 1 aliphatic heterocycles. The number of hydrogen-bond donors (Lipinski definition) is 1. The molecule has 1 fully saturated rings. The summed E-state index contributed by atoms with van der Waals surface area (Å²) in [5.74, 6) is 0. The van der Waals surface area contributed by atoms with Gasteiger partial charge in [-0.25, -0.2) is 0 Å². The second-order valence-electron chi connectivity index (χ2n) is 3.99. The molecule has 1 N–H and O–H groups in total. The second kappa shape index (κ2) is 6.11. The largest absolute Gasteiger partial charge is 0.316 e. The zero-order valence-electron chi connectivity index (χ0n) is 9.15. The van der Waals surface area contributed by atoms with E-state index in [-0.39, 0.29) is 12.4 Å². The molecule has 1 aromatic rings. The van der Waals surface area contributed by atoms with E-state index in [1.807, 2.05) is 0 Å². The van der Waals surface area contributed by atoms with Gasteiger partial charge in [-0.05, 0) is 19.0 Å². The monoisotopic (exact) mass is 226 g/mol. The number of rotatable bonds is 3. The Hall–Kier alpha value is -0.570. The number of hydrogen-bond acceptors (Lipinski definition) is 2. The van der Waals surface area contributed by atoms with E-state index in [9.17, 15) is 0 Å². The van der Waals surface area contributed by atoms with Gasteiger partial charge in [0.1, 0.15) is 0 Å². The Kier molecular flexibility index (Phi) is 5.09. The van der Waals surface area contributed by atoms with Crippen LogP contribution in [0.2, 0.25) is 0 Å². The van der Waals surface area contributed by atoms with E-state index < -0.39 is 0 Å². The fraction of sp³-hybridized carbons (Fsp3) is 0.500. The summed E-state index contributed by atoms with van der Waals surface area (Å²) >= 11 is 0. The summed E-state index contributed by atoms with van der Waals surface area (Å²) < 4.78 is 0. The third kappa shape index (κ3) is 3.49. The van der Waals surface area contributed by atoms with Gasteiger partial charge < -0.3 is 5.32 Å². The Morgan fingerprint density at radius 1 is 1.33 bits per heavy atom. The van der Waals surface area contributed by atoms with Crippen LogP contribution < -0.4 is 5.32 Å². The van der Waals surface area contributed by atoms with Crippen LogP contribution in [0.5, 0.6) is 0 Å². The molecular weight excluding hydrogens is 208 g/mol. The molecule has 1 unspecified atom stereocenters. The first-order valence-corrected chi connectivity index (χ1v) is 5.32. The number of benzene rings is 1. The summed E-state index contributed by atoms with van der Waals surface area (Å²) in [4.78, 5) is 2.51. The van der Waals surface area contributed by atoms with Crippen molar-refractivity contribution in [2.24, 2.45) is 0 Å². The summed E-state index contributed by atoms with van der Waals surface area (Å²) in [6.45, 7) is 3.50. The van der Waals surface area contributed by atoms with E-state index in [1.54, 1.807) is 0 Å². The van der Waals surface area contributed by atoms with Gasteiger partial charge >= 0.3 is 0 Å². The average molecular weight is 227 g/mol. The fourth-order valence-electron chi connectivity index (χ4n) is 2.05. The molecule has 1 heterocycles. The van der Waals surface area contributed by atoms with E-state index >= 15 is 0 Å². The lowest BCUT2D eigenvalue weighted by Crippen LogP contribution is -2.29. The van der Waals surface area contributed by atoms with E-state index in [0.717, 1.165) is 6.54 Å². The van der Waals surface area contributed by atoms with Gasteiger partial charge in [0.2, 0.25) is 0 Å². The summed E-state index contributed by atoms with van der Waals surface area (Å²) in [6.07, 6.45) is 1.28. The molecule has 84 valence electrons. The summed E-state index contributed by atoms with van der Waals surface area (Å²) in [7, 11) is 2.05. The van der Waals surface area contributed by atoms with E-state index in [2.05, 4.69) is 47.6 Å². The minimum absolute atomic E-state index is 0. The highest BCUT2D eigenvalue weighted by molar-refractivity contribution is 5.85. The van der Waals surface area contributed by atoms with Crippen LogP contribution in [-0.4, -0.2) is 31.1 Å². The number of nitrogens with zero attached hydrogens (tertiary/aromatic N) is 1. The molecule has 0 aromatic heterocycles. The van der Waals surface area contributed by atoms with Crippen molar-refractivity contribution < 1.29 is 0 Å². The first-order chi connectivity index (χ1) is 6.88. The van der Waals surface area contributed by atoms with Crippen molar-refractivity contribution in [2.45, 2.75) is 19.0 Å². The van der Waals surface area contributed by atoms with Crippen LogP contribution >= 0.6 is 12.4 Å². The molecule has 1 atom stereocenters. The van der Waals surface area contributed by atoms with E-state index in [4.69, 9.17) is 0 Å². The van der Waals surface area contributed by atoms with Crippen LogP contribution in [0.1, 0.15) is 12.0 Å². The molecule has 2 nitrogen and oxygen atoms in total. The number of nitrogens with one attached hydrogen (secondary N) is 1. The van der Waals surface area contributed by atoms with Gasteiger partial charge in [-0.3, -0.25) is 4.90 Å². The van der Waals surface area contributed by atoms with Crippen molar-refractivity contribution in [3.05, 3.63) is 35.9 Å². The van der Waals surface area contributed by atoms with Gasteiger partial charge in [-0.15, -0.1) is 12.4 Å². The van der Waals surface area contributed by atoms with Gasteiger partial charge in [0.25, 0.3) is 0 Å². The topological polar surface area (TPSA) is 15.3 Å². The standard InChI is InChI=1S/C12H18N2.ClH/c1-13-12-7-8-14(10-12)9-11-5-3-2-4-6-11;/h2-6,12-13H,7-10H2,1H3;1H. The third-order valence-electron chi connectivity index (χ3n) is 2.93. The lowest BCUT2D eigenvalue weighted by atomic mass is 10.2. The zero-order chi connectivity index (χ0) is 9.80. The normalized spacial score (nSPS) is 21.3. The molecule has 1 saturated heterocycles. The number of likely N-dealkylation sites (tertiary alicyclic amines) is 1. The van der Waals surface area contributed by atoms with E-state index in [1.165, 1.54) is 25.1 Å². The van der Waals surface area contributed by atoms with Crippen LogP contribution in [-0.2, 0) is 6.54 Å². The molecule has 15 heavy (non-hydrogen) atoms. The van der Waals surface area contributed by atoms with Gasteiger partial charge in [0.05, 0.1) is 0 Å². The molecule has 2 rings (SSSR count). The van der Waals surface area contributed by atoms with Crippen molar-refractivity contribution in [3.8, 4) is 0 Å². The lowest BCUT2D eigenvalue weighted by Gasteiger charge is -2.15. The summed E-state index contributed by atoms with van der Waals surface area (Å²) in [6, 6.07) is 11.4. The predicted octanol–water partition coefficient (Wildman–Crippen LogP) is 1.90. The Bertz CT molecular complexity index is 276. The predicted molar refractivity (Wildman–Crippen MR) is 66.4 cm³/mol. The molecule has 0 spiro atoms. The molecule has 0 saturated carbocycles. The number of halogens is 1. The Morgan fingerprint density at radius 3 is 2.67 bits per heavy atom. The molecule has 0 bridgehead atoms. The van der Waals surface area contributed by atoms with E-state index in [0.29, 0.717) is 6.04 Å². The molecular formula is C12H19ClN2. The van der Waals surface area contributed by atoms with Crippen LogP contribution in [0.4, 0.5) is 0 Å². The van der Waals surface area contributed by atoms with Crippen molar-refractivity contribution in [3.63, 3.8) is 0 Å².